The topological polar surface area (TPSA) is 30.7 Å². The van der Waals surface area contributed by atoms with Crippen molar-refractivity contribution in [2.24, 2.45) is 0 Å². The summed E-state index contributed by atoms with van der Waals surface area (Å²) in [7, 11) is 0. The SMILES string of the molecule is Cc1cnc2c(ncn2-c2ccccc2)c1C. The molecule has 0 radical (unpaired) electrons. The molecular weight excluding hydrogens is 210 g/mol. The average molecular weight is 223 g/mol. The summed E-state index contributed by atoms with van der Waals surface area (Å²) in [6.45, 7) is 4.14. The maximum Gasteiger partial charge on any atom is 0.164 e. The summed E-state index contributed by atoms with van der Waals surface area (Å²) in [4.78, 5) is 8.93. The van der Waals surface area contributed by atoms with E-state index in [-0.39, 0.29) is 0 Å². The van der Waals surface area contributed by atoms with Gasteiger partial charge in [0, 0.05) is 11.9 Å². The van der Waals surface area contributed by atoms with Crippen LogP contribution >= 0.6 is 0 Å². The van der Waals surface area contributed by atoms with E-state index in [9.17, 15) is 0 Å². The highest BCUT2D eigenvalue weighted by molar-refractivity contribution is 5.77. The van der Waals surface area contributed by atoms with Crippen LogP contribution in [0.2, 0.25) is 0 Å². The summed E-state index contributed by atoms with van der Waals surface area (Å²) in [5.41, 5.74) is 5.36. The van der Waals surface area contributed by atoms with Crippen LogP contribution < -0.4 is 0 Å². The van der Waals surface area contributed by atoms with Crippen molar-refractivity contribution in [1.29, 1.82) is 0 Å². The highest BCUT2D eigenvalue weighted by Gasteiger charge is 2.08. The number of pyridine rings is 1. The van der Waals surface area contributed by atoms with Crippen molar-refractivity contribution in [3.63, 3.8) is 0 Å². The fourth-order valence-electron chi connectivity index (χ4n) is 1.95. The molecule has 0 bridgehead atoms. The number of nitrogens with zero attached hydrogens (tertiary/aromatic N) is 3. The average Bonchev–Trinajstić information content (AvgIpc) is 2.79. The Bertz CT molecular complexity index is 669. The zero-order valence-corrected chi connectivity index (χ0v) is 9.88. The van der Waals surface area contributed by atoms with Gasteiger partial charge in [-0.25, -0.2) is 9.97 Å². The van der Waals surface area contributed by atoms with Crippen LogP contribution in [0, 0.1) is 13.8 Å². The van der Waals surface area contributed by atoms with Crippen LogP contribution in [0.1, 0.15) is 11.1 Å². The normalized spacial score (nSPS) is 10.9. The van der Waals surface area contributed by atoms with E-state index in [1.807, 2.05) is 35.3 Å². The lowest BCUT2D eigenvalue weighted by atomic mass is 10.1. The first kappa shape index (κ1) is 10.0. The molecule has 17 heavy (non-hydrogen) atoms. The van der Waals surface area contributed by atoms with Crippen LogP contribution in [-0.2, 0) is 0 Å². The number of imidazole rings is 1. The Kier molecular flexibility index (Phi) is 2.18. The Balaban J connectivity index is 2.30. The van der Waals surface area contributed by atoms with Gasteiger partial charge in [0.25, 0.3) is 0 Å². The minimum Gasteiger partial charge on any atom is -0.283 e. The van der Waals surface area contributed by atoms with E-state index in [0.717, 1.165) is 16.9 Å². The molecule has 3 aromatic rings. The fourth-order valence-corrected chi connectivity index (χ4v) is 1.95. The zero-order valence-electron chi connectivity index (χ0n) is 9.88. The highest BCUT2D eigenvalue weighted by Crippen LogP contribution is 2.20. The molecule has 0 amide bonds. The van der Waals surface area contributed by atoms with E-state index < -0.39 is 0 Å². The van der Waals surface area contributed by atoms with Gasteiger partial charge in [-0.15, -0.1) is 0 Å². The monoisotopic (exact) mass is 223 g/mol. The molecule has 0 atom stereocenters. The second kappa shape index (κ2) is 3.70. The number of benzene rings is 1. The van der Waals surface area contributed by atoms with Crippen molar-refractivity contribution >= 4 is 11.2 Å². The standard InChI is InChI=1S/C14H13N3/c1-10-8-15-14-13(11(10)2)16-9-17(14)12-6-4-3-5-7-12/h3-9H,1-2H3. The minimum absolute atomic E-state index is 0.916. The van der Waals surface area contributed by atoms with E-state index in [1.165, 1.54) is 11.1 Å². The van der Waals surface area contributed by atoms with Crippen LogP contribution in [0.25, 0.3) is 16.9 Å². The molecule has 0 aliphatic heterocycles. The summed E-state index contributed by atoms with van der Waals surface area (Å²) in [6.07, 6.45) is 3.73. The number of rotatable bonds is 1. The molecule has 1 aromatic carbocycles. The Labute approximate surface area is 99.8 Å². The number of para-hydroxylation sites is 1. The van der Waals surface area contributed by atoms with Gasteiger partial charge in [0.2, 0.25) is 0 Å². The molecule has 84 valence electrons. The molecule has 0 spiro atoms. The predicted molar refractivity (Wildman–Crippen MR) is 68.3 cm³/mol. The quantitative estimate of drug-likeness (QED) is 0.634. The maximum absolute atomic E-state index is 4.48. The van der Waals surface area contributed by atoms with Crippen LogP contribution in [0.3, 0.4) is 0 Å². The van der Waals surface area contributed by atoms with Crippen molar-refractivity contribution in [3.05, 3.63) is 54.0 Å². The Morgan fingerprint density at radius 1 is 1.00 bits per heavy atom. The molecule has 3 nitrogen and oxygen atoms in total. The zero-order chi connectivity index (χ0) is 11.8. The molecule has 0 N–H and O–H groups in total. The molecule has 3 rings (SSSR count). The summed E-state index contributed by atoms with van der Waals surface area (Å²) in [6, 6.07) is 10.1. The Morgan fingerprint density at radius 3 is 2.53 bits per heavy atom. The molecule has 0 fully saturated rings. The lowest BCUT2D eigenvalue weighted by Crippen LogP contribution is -1.94. The molecule has 2 heterocycles. The smallest absolute Gasteiger partial charge is 0.164 e. The molecular formula is C14H13N3. The van der Waals surface area contributed by atoms with Crippen LogP contribution in [-0.4, -0.2) is 14.5 Å². The summed E-state index contributed by atoms with van der Waals surface area (Å²) >= 11 is 0. The van der Waals surface area contributed by atoms with Crippen molar-refractivity contribution < 1.29 is 0 Å². The molecule has 3 heteroatoms. The highest BCUT2D eigenvalue weighted by atomic mass is 15.1. The lowest BCUT2D eigenvalue weighted by molar-refractivity contribution is 1.07. The van der Waals surface area contributed by atoms with E-state index >= 15 is 0 Å². The van der Waals surface area contributed by atoms with Gasteiger partial charge in [-0.3, -0.25) is 4.57 Å². The first-order valence-corrected chi connectivity index (χ1v) is 5.62. The first-order valence-electron chi connectivity index (χ1n) is 5.62. The van der Waals surface area contributed by atoms with Gasteiger partial charge < -0.3 is 0 Å². The van der Waals surface area contributed by atoms with Gasteiger partial charge in [-0.1, -0.05) is 18.2 Å². The Hall–Kier alpha value is -2.16. The molecule has 2 aromatic heterocycles. The summed E-state index contributed by atoms with van der Waals surface area (Å²) < 4.78 is 2.02. The van der Waals surface area contributed by atoms with Crippen LogP contribution in [0.15, 0.2) is 42.9 Å². The summed E-state index contributed by atoms with van der Waals surface area (Å²) in [5.74, 6) is 0. The van der Waals surface area contributed by atoms with E-state index in [0.29, 0.717) is 0 Å². The number of aromatic nitrogens is 3. The van der Waals surface area contributed by atoms with Crippen LogP contribution in [0.5, 0.6) is 0 Å². The third-order valence-electron chi connectivity index (χ3n) is 3.10. The fraction of sp³-hybridized carbons (Fsp3) is 0.143. The second-order valence-electron chi connectivity index (χ2n) is 4.19. The third kappa shape index (κ3) is 1.51. The van der Waals surface area contributed by atoms with E-state index in [1.54, 1.807) is 0 Å². The molecule has 0 aliphatic rings. The van der Waals surface area contributed by atoms with Crippen molar-refractivity contribution in [2.45, 2.75) is 13.8 Å². The minimum atomic E-state index is 0.916. The van der Waals surface area contributed by atoms with Crippen molar-refractivity contribution in [3.8, 4) is 5.69 Å². The second-order valence-corrected chi connectivity index (χ2v) is 4.19. The number of fused-ring (bicyclic) bond motifs is 1. The van der Waals surface area contributed by atoms with Crippen molar-refractivity contribution in [2.75, 3.05) is 0 Å². The lowest BCUT2D eigenvalue weighted by Gasteiger charge is -2.04. The number of hydrogen-bond acceptors (Lipinski definition) is 2. The Morgan fingerprint density at radius 2 is 1.76 bits per heavy atom. The number of aryl methyl sites for hydroxylation is 2. The van der Waals surface area contributed by atoms with Gasteiger partial charge in [0.1, 0.15) is 11.8 Å². The largest absolute Gasteiger partial charge is 0.283 e. The van der Waals surface area contributed by atoms with E-state index in [4.69, 9.17) is 0 Å². The van der Waals surface area contributed by atoms with Gasteiger partial charge in [-0.2, -0.15) is 0 Å². The molecule has 0 saturated carbocycles. The molecule has 0 saturated heterocycles. The van der Waals surface area contributed by atoms with Crippen molar-refractivity contribution in [1.82, 2.24) is 14.5 Å². The van der Waals surface area contributed by atoms with Gasteiger partial charge in [0.05, 0.1) is 0 Å². The van der Waals surface area contributed by atoms with Gasteiger partial charge >= 0.3 is 0 Å². The van der Waals surface area contributed by atoms with E-state index in [2.05, 4.69) is 35.9 Å². The first-order chi connectivity index (χ1) is 8.27. The molecule has 0 aliphatic carbocycles. The van der Waals surface area contributed by atoms with Crippen LogP contribution in [0.4, 0.5) is 0 Å². The predicted octanol–water partition coefficient (Wildman–Crippen LogP) is 3.04. The van der Waals surface area contributed by atoms with Gasteiger partial charge in [-0.05, 0) is 37.1 Å². The van der Waals surface area contributed by atoms with Gasteiger partial charge in [0.15, 0.2) is 5.65 Å². The molecule has 0 unspecified atom stereocenters. The summed E-state index contributed by atoms with van der Waals surface area (Å²) in [5, 5.41) is 0. The maximum atomic E-state index is 4.48. The number of hydrogen-bond donors (Lipinski definition) is 0. The third-order valence-corrected chi connectivity index (χ3v) is 3.10.